The lowest BCUT2D eigenvalue weighted by molar-refractivity contribution is -0.274. The van der Waals surface area contributed by atoms with E-state index in [9.17, 15) is 26.4 Å². The van der Waals surface area contributed by atoms with Crippen molar-refractivity contribution in [2.24, 2.45) is 0 Å². The maximum atomic E-state index is 12.3. The van der Waals surface area contributed by atoms with Crippen molar-refractivity contribution in [1.82, 2.24) is 14.5 Å². The average molecular weight is 474 g/mol. The molecule has 31 heavy (non-hydrogen) atoms. The van der Waals surface area contributed by atoms with Crippen LogP contribution in [0.25, 0.3) is 11.3 Å². The van der Waals surface area contributed by atoms with E-state index in [0.717, 1.165) is 34.5 Å². The molecule has 1 N–H and O–H groups in total. The van der Waals surface area contributed by atoms with Crippen LogP contribution in [0.3, 0.4) is 0 Å². The highest BCUT2D eigenvalue weighted by atomic mass is 35.5. The number of nitrogens with zero attached hydrogens (tertiary/aromatic N) is 2. The summed E-state index contributed by atoms with van der Waals surface area (Å²) in [6.45, 7) is -0.227. The minimum atomic E-state index is -4.88. The van der Waals surface area contributed by atoms with Gasteiger partial charge in [-0.05, 0) is 42.5 Å². The molecule has 7 nitrogen and oxygen atoms in total. The summed E-state index contributed by atoms with van der Waals surface area (Å²) in [5.74, 6) is -0.541. The van der Waals surface area contributed by atoms with E-state index < -0.39 is 27.7 Å². The Morgan fingerprint density at radius 3 is 2.26 bits per heavy atom. The molecule has 0 fully saturated rings. The van der Waals surface area contributed by atoms with Crippen LogP contribution in [-0.2, 0) is 16.6 Å². The molecule has 3 aromatic rings. The first-order valence-corrected chi connectivity index (χ1v) is 10.6. The molecule has 2 aromatic carbocycles. The van der Waals surface area contributed by atoms with E-state index >= 15 is 0 Å². The van der Waals surface area contributed by atoms with Crippen molar-refractivity contribution < 1.29 is 26.3 Å². The van der Waals surface area contributed by atoms with Gasteiger partial charge in [0.05, 0.1) is 17.1 Å². The molecular formula is C19H15ClF3N3O4S. The van der Waals surface area contributed by atoms with Crippen molar-refractivity contribution >= 4 is 21.6 Å². The largest absolute Gasteiger partial charge is 0.573 e. The van der Waals surface area contributed by atoms with Crippen LogP contribution in [0.2, 0.25) is 5.02 Å². The minimum absolute atomic E-state index is 0.0608. The Bertz CT molecular complexity index is 1210. The van der Waals surface area contributed by atoms with Gasteiger partial charge in [0, 0.05) is 23.2 Å². The number of benzene rings is 2. The van der Waals surface area contributed by atoms with Crippen molar-refractivity contribution in [1.29, 1.82) is 0 Å². The highest BCUT2D eigenvalue weighted by molar-refractivity contribution is 7.89. The first-order valence-electron chi connectivity index (χ1n) is 8.73. The average Bonchev–Trinajstić information content (AvgIpc) is 2.69. The maximum Gasteiger partial charge on any atom is 0.573 e. The molecule has 1 aromatic heterocycles. The predicted molar refractivity (Wildman–Crippen MR) is 107 cm³/mol. The van der Waals surface area contributed by atoms with Crippen molar-refractivity contribution in [3.63, 3.8) is 0 Å². The number of ether oxygens (including phenoxy) is 1. The zero-order valence-electron chi connectivity index (χ0n) is 15.6. The summed E-state index contributed by atoms with van der Waals surface area (Å²) in [4.78, 5) is 11.8. The molecule has 0 aliphatic carbocycles. The maximum absolute atomic E-state index is 12.3. The van der Waals surface area contributed by atoms with Crippen LogP contribution in [0, 0.1) is 0 Å². The topological polar surface area (TPSA) is 90.3 Å². The standard InChI is InChI=1S/C19H15ClF3N3O4S/c20-14-3-1-13(2-4-14)17-9-10-18(27)26(25-17)12-11-24-31(28,29)16-7-5-15(6-8-16)30-19(21,22)23/h1-10,24H,11-12H2. The molecule has 0 aliphatic rings. The van der Waals surface area contributed by atoms with E-state index in [-0.39, 0.29) is 18.0 Å². The van der Waals surface area contributed by atoms with E-state index in [2.05, 4.69) is 14.6 Å². The predicted octanol–water partition coefficient (Wildman–Crippen LogP) is 3.44. The number of hydrogen-bond donors (Lipinski definition) is 1. The van der Waals surface area contributed by atoms with E-state index in [1.54, 1.807) is 24.3 Å². The van der Waals surface area contributed by atoms with E-state index in [0.29, 0.717) is 10.7 Å². The number of hydrogen-bond acceptors (Lipinski definition) is 5. The number of nitrogens with one attached hydrogen (secondary N) is 1. The summed E-state index contributed by atoms with van der Waals surface area (Å²) in [7, 11) is -4.02. The SMILES string of the molecule is O=c1ccc(-c2ccc(Cl)cc2)nn1CCNS(=O)(=O)c1ccc(OC(F)(F)F)cc1. The Labute approximate surface area is 180 Å². The van der Waals surface area contributed by atoms with Crippen molar-refractivity contribution in [2.75, 3.05) is 6.54 Å². The first-order chi connectivity index (χ1) is 14.5. The third kappa shape index (κ3) is 6.29. The van der Waals surface area contributed by atoms with Crippen LogP contribution in [0.4, 0.5) is 13.2 Å². The van der Waals surface area contributed by atoms with Gasteiger partial charge in [-0.25, -0.2) is 17.8 Å². The van der Waals surface area contributed by atoms with Crippen molar-refractivity contribution in [2.45, 2.75) is 17.8 Å². The van der Waals surface area contributed by atoms with Gasteiger partial charge in [-0.3, -0.25) is 4.79 Å². The molecule has 0 spiro atoms. The molecule has 3 rings (SSSR count). The molecule has 0 bridgehead atoms. The lowest BCUT2D eigenvalue weighted by Gasteiger charge is -2.11. The van der Waals surface area contributed by atoms with Gasteiger partial charge in [-0.2, -0.15) is 5.10 Å². The molecule has 164 valence electrons. The molecule has 0 saturated heterocycles. The second-order valence-corrected chi connectivity index (χ2v) is 8.41. The number of alkyl halides is 3. The zero-order valence-corrected chi connectivity index (χ0v) is 17.2. The van der Waals surface area contributed by atoms with Crippen molar-refractivity contribution in [3.05, 3.63) is 76.0 Å². The molecule has 1 heterocycles. The molecule has 0 amide bonds. The Morgan fingerprint density at radius 2 is 1.65 bits per heavy atom. The lowest BCUT2D eigenvalue weighted by Crippen LogP contribution is -2.32. The quantitative estimate of drug-likeness (QED) is 0.567. The van der Waals surface area contributed by atoms with Gasteiger partial charge < -0.3 is 4.74 Å². The summed E-state index contributed by atoms with van der Waals surface area (Å²) >= 11 is 5.86. The van der Waals surface area contributed by atoms with Crippen LogP contribution < -0.4 is 15.0 Å². The number of rotatable bonds is 7. The van der Waals surface area contributed by atoms with Gasteiger partial charge in [0.25, 0.3) is 5.56 Å². The third-order valence-corrected chi connectivity index (χ3v) is 5.72. The highest BCUT2D eigenvalue weighted by Gasteiger charge is 2.31. The normalized spacial score (nSPS) is 12.0. The van der Waals surface area contributed by atoms with Crippen LogP contribution in [0.1, 0.15) is 0 Å². The minimum Gasteiger partial charge on any atom is -0.406 e. The molecule has 0 unspecified atom stereocenters. The van der Waals surface area contributed by atoms with Crippen LogP contribution >= 0.6 is 11.6 Å². The van der Waals surface area contributed by atoms with E-state index in [1.165, 1.54) is 12.1 Å². The fourth-order valence-electron chi connectivity index (χ4n) is 2.57. The number of halogens is 4. The zero-order chi connectivity index (χ0) is 22.6. The Morgan fingerprint density at radius 1 is 1.00 bits per heavy atom. The highest BCUT2D eigenvalue weighted by Crippen LogP contribution is 2.24. The van der Waals surface area contributed by atoms with Gasteiger partial charge in [-0.15, -0.1) is 13.2 Å². The lowest BCUT2D eigenvalue weighted by atomic mass is 10.1. The van der Waals surface area contributed by atoms with Crippen molar-refractivity contribution in [3.8, 4) is 17.0 Å². The second-order valence-electron chi connectivity index (χ2n) is 6.20. The molecule has 0 radical (unpaired) electrons. The summed E-state index contributed by atoms with van der Waals surface area (Å²) in [6, 6.07) is 13.4. The molecule has 0 saturated carbocycles. The van der Waals surface area contributed by atoms with Gasteiger partial charge in [0.2, 0.25) is 10.0 Å². The second kappa shape index (κ2) is 9.08. The van der Waals surface area contributed by atoms with Gasteiger partial charge in [0.15, 0.2) is 0 Å². The number of sulfonamides is 1. The third-order valence-electron chi connectivity index (χ3n) is 3.99. The van der Waals surface area contributed by atoms with Crippen LogP contribution in [0.5, 0.6) is 5.75 Å². The summed E-state index contributed by atoms with van der Waals surface area (Å²) < 4.78 is 68.3. The Kier molecular flexibility index (Phi) is 6.68. The fourth-order valence-corrected chi connectivity index (χ4v) is 3.72. The molecule has 12 heteroatoms. The Hall–Kier alpha value is -2.89. The first kappa shape index (κ1) is 22.8. The fraction of sp³-hybridized carbons (Fsp3) is 0.158. The van der Waals surface area contributed by atoms with Crippen LogP contribution in [-0.4, -0.2) is 31.1 Å². The summed E-state index contributed by atoms with van der Waals surface area (Å²) in [6.07, 6.45) is -4.88. The number of aromatic nitrogens is 2. The molecule has 0 aliphatic heterocycles. The smallest absolute Gasteiger partial charge is 0.406 e. The van der Waals surface area contributed by atoms with E-state index in [4.69, 9.17) is 11.6 Å². The van der Waals surface area contributed by atoms with Crippen LogP contribution in [0.15, 0.2) is 70.4 Å². The van der Waals surface area contributed by atoms with Gasteiger partial charge in [0.1, 0.15) is 5.75 Å². The Balaban J connectivity index is 1.67. The van der Waals surface area contributed by atoms with Gasteiger partial charge in [-0.1, -0.05) is 23.7 Å². The monoisotopic (exact) mass is 473 g/mol. The molecule has 0 atom stereocenters. The summed E-state index contributed by atoms with van der Waals surface area (Å²) in [5.41, 5.74) is 0.796. The van der Waals surface area contributed by atoms with Gasteiger partial charge >= 0.3 is 6.36 Å². The van der Waals surface area contributed by atoms with E-state index in [1.807, 2.05) is 0 Å². The summed E-state index contributed by atoms with van der Waals surface area (Å²) in [5, 5.41) is 4.76. The molecular weight excluding hydrogens is 459 g/mol.